The Hall–Kier alpha value is -3.19. The number of hydrogen-bond acceptors (Lipinski definition) is 3. The van der Waals surface area contributed by atoms with Crippen molar-refractivity contribution in [3.8, 4) is 5.75 Å². The Morgan fingerprint density at radius 1 is 1.13 bits per heavy atom. The molecule has 0 bridgehead atoms. The lowest BCUT2D eigenvalue weighted by Crippen LogP contribution is -2.41. The maximum Gasteiger partial charge on any atom is 0.270 e. The predicted molar refractivity (Wildman–Crippen MR) is 110 cm³/mol. The van der Waals surface area contributed by atoms with E-state index in [1.807, 2.05) is 6.07 Å². The molecule has 2 aromatic carbocycles. The van der Waals surface area contributed by atoms with Crippen LogP contribution < -0.4 is 4.74 Å². The highest BCUT2D eigenvalue weighted by Gasteiger charge is 2.25. The second kappa shape index (κ2) is 8.67. The van der Waals surface area contributed by atoms with E-state index in [-0.39, 0.29) is 18.0 Å². The number of fused-ring (bicyclic) bond motifs is 1. The van der Waals surface area contributed by atoms with E-state index in [9.17, 15) is 13.6 Å². The molecule has 4 rings (SSSR count). The van der Waals surface area contributed by atoms with Crippen LogP contribution in [0.3, 0.4) is 0 Å². The van der Waals surface area contributed by atoms with Gasteiger partial charge in [-0.2, -0.15) is 0 Å². The van der Waals surface area contributed by atoms with Crippen molar-refractivity contribution < 1.29 is 23.0 Å². The highest BCUT2D eigenvalue weighted by atomic mass is 19.1. The molecule has 0 spiro atoms. The Kier molecular flexibility index (Phi) is 5.81. The van der Waals surface area contributed by atoms with Crippen LogP contribution in [0.2, 0.25) is 0 Å². The standard InChI is InChI=1S/C23H22F2N2O3/c1-2-11-30-22-8-4-7-20-16(22)14-21(23(28)26-9-12-29-13-10-26)27(20)15-17-18(24)5-3-6-19(17)25/h2-8,14H,1,9-13,15H2. The molecule has 2 heterocycles. The van der Waals surface area contributed by atoms with Gasteiger partial charge in [-0.3, -0.25) is 4.79 Å². The van der Waals surface area contributed by atoms with Gasteiger partial charge in [-0.1, -0.05) is 24.8 Å². The molecule has 1 amide bonds. The lowest BCUT2D eigenvalue weighted by Gasteiger charge is -2.27. The van der Waals surface area contributed by atoms with Crippen LogP contribution in [0.4, 0.5) is 8.78 Å². The Morgan fingerprint density at radius 3 is 2.53 bits per heavy atom. The minimum absolute atomic E-state index is 0.0940. The fraction of sp³-hybridized carbons (Fsp3) is 0.261. The summed E-state index contributed by atoms with van der Waals surface area (Å²) in [5, 5.41) is 0.702. The SMILES string of the molecule is C=CCOc1cccc2c1cc(C(=O)N1CCOCC1)n2Cc1c(F)cccc1F. The van der Waals surface area contributed by atoms with Crippen molar-refractivity contribution in [2.24, 2.45) is 0 Å². The van der Waals surface area contributed by atoms with Gasteiger partial charge in [0.1, 0.15) is 29.7 Å². The average molecular weight is 412 g/mol. The summed E-state index contributed by atoms with van der Waals surface area (Å²) in [6.45, 7) is 5.70. The topological polar surface area (TPSA) is 43.7 Å². The first kappa shape index (κ1) is 20.1. The van der Waals surface area contributed by atoms with Crippen LogP contribution in [-0.2, 0) is 11.3 Å². The van der Waals surface area contributed by atoms with E-state index in [1.54, 1.807) is 33.7 Å². The van der Waals surface area contributed by atoms with Crippen molar-refractivity contribution in [3.63, 3.8) is 0 Å². The third-order valence-electron chi connectivity index (χ3n) is 5.16. The fourth-order valence-corrected chi connectivity index (χ4v) is 3.65. The van der Waals surface area contributed by atoms with Crippen LogP contribution in [-0.4, -0.2) is 48.3 Å². The van der Waals surface area contributed by atoms with Gasteiger partial charge in [-0.15, -0.1) is 0 Å². The summed E-state index contributed by atoms with van der Waals surface area (Å²) in [7, 11) is 0. The summed E-state index contributed by atoms with van der Waals surface area (Å²) >= 11 is 0. The summed E-state index contributed by atoms with van der Waals surface area (Å²) in [5.74, 6) is -0.932. The van der Waals surface area contributed by atoms with E-state index in [0.29, 0.717) is 55.3 Å². The van der Waals surface area contributed by atoms with E-state index in [2.05, 4.69) is 6.58 Å². The maximum atomic E-state index is 14.4. The van der Waals surface area contributed by atoms with Gasteiger partial charge < -0.3 is 18.9 Å². The molecular weight excluding hydrogens is 390 g/mol. The molecule has 0 aliphatic carbocycles. The fourth-order valence-electron chi connectivity index (χ4n) is 3.65. The van der Waals surface area contributed by atoms with Gasteiger partial charge in [0.15, 0.2) is 0 Å². The molecule has 1 aliphatic rings. The third-order valence-corrected chi connectivity index (χ3v) is 5.16. The van der Waals surface area contributed by atoms with E-state index in [1.165, 1.54) is 18.2 Å². The van der Waals surface area contributed by atoms with Gasteiger partial charge >= 0.3 is 0 Å². The highest BCUT2D eigenvalue weighted by molar-refractivity contribution is 6.00. The van der Waals surface area contributed by atoms with E-state index >= 15 is 0 Å². The molecule has 0 unspecified atom stereocenters. The molecule has 1 saturated heterocycles. The summed E-state index contributed by atoms with van der Waals surface area (Å²) < 4.78 is 41.5. The maximum absolute atomic E-state index is 14.4. The zero-order valence-corrected chi connectivity index (χ0v) is 16.4. The molecule has 7 heteroatoms. The quantitative estimate of drug-likeness (QED) is 0.575. The average Bonchev–Trinajstić information content (AvgIpc) is 3.14. The number of carbonyl (C=O) groups excluding carboxylic acids is 1. The Bertz CT molecular complexity index is 1070. The van der Waals surface area contributed by atoms with Crippen LogP contribution in [0.1, 0.15) is 16.1 Å². The zero-order chi connectivity index (χ0) is 21.1. The minimum atomic E-state index is -0.652. The first-order valence-corrected chi connectivity index (χ1v) is 9.76. The van der Waals surface area contributed by atoms with Gasteiger partial charge in [-0.25, -0.2) is 8.78 Å². The molecule has 0 radical (unpaired) electrons. The number of aromatic nitrogens is 1. The summed E-state index contributed by atoms with van der Waals surface area (Å²) in [4.78, 5) is 15.0. The monoisotopic (exact) mass is 412 g/mol. The second-order valence-electron chi connectivity index (χ2n) is 7.01. The van der Waals surface area contributed by atoms with Crippen molar-refractivity contribution in [2.75, 3.05) is 32.9 Å². The molecule has 1 aromatic heterocycles. The van der Waals surface area contributed by atoms with Gasteiger partial charge in [0.05, 0.1) is 25.3 Å². The minimum Gasteiger partial charge on any atom is -0.489 e. The molecule has 3 aromatic rings. The molecule has 0 N–H and O–H groups in total. The molecule has 5 nitrogen and oxygen atoms in total. The van der Waals surface area contributed by atoms with E-state index in [4.69, 9.17) is 9.47 Å². The molecule has 0 atom stereocenters. The first-order valence-electron chi connectivity index (χ1n) is 9.76. The number of amides is 1. The van der Waals surface area contributed by atoms with Gasteiger partial charge in [0, 0.05) is 24.0 Å². The van der Waals surface area contributed by atoms with Crippen molar-refractivity contribution in [2.45, 2.75) is 6.54 Å². The number of benzene rings is 2. The van der Waals surface area contributed by atoms with Crippen LogP contribution in [0.25, 0.3) is 10.9 Å². The summed E-state index contributed by atoms with van der Waals surface area (Å²) in [6.07, 6.45) is 1.63. The second-order valence-corrected chi connectivity index (χ2v) is 7.01. The van der Waals surface area contributed by atoms with Gasteiger partial charge in [-0.05, 0) is 30.3 Å². The highest BCUT2D eigenvalue weighted by Crippen LogP contribution is 2.31. The number of morpholine rings is 1. The number of rotatable bonds is 6. The summed E-state index contributed by atoms with van der Waals surface area (Å²) in [6, 6.07) is 10.9. The van der Waals surface area contributed by atoms with Crippen LogP contribution >= 0.6 is 0 Å². The van der Waals surface area contributed by atoms with Crippen LogP contribution in [0.15, 0.2) is 55.1 Å². The van der Waals surface area contributed by atoms with Crippen molar-refractivity contribution in [1.82, 2.24) is 9.47 Å². The van der Waals surface area contributed by atoms with Crippen molar-refractivity contribution >= 4 is 16.8 Å². The normalized spacial score (nSPS) is 14.1. The van der Waals surface area contributed by atoms with Crippen molar-refractivity contribution in [1.29, 1.82) is 0 Å². The molecule has 1 fully saturated rings. The Balaban J connectivity index is 1.84. The lowest BCUT2D eigenvalue weighted by atomic mass is 10.2. The number of ether oxygens (including phenoxy) is 2. The number of nitrogens with zero attached hydrogens (tertiary/aromatic N) is 2. The Morgan fingerprint density at radius 2 is 1.83 bits per heavy atom. The third kappa shape index (κ3) is 3.80. The summed E-state index contributed by atoms with van der Waals surface area (Å²) in [5.41, 5.74) is 0.920. The largest absolute Gasteiger partial charge is 0.489 e. The molecular formula is C23H22F2N2O3. The van der Waals surface area contributed by atoms with E-state index in [0.717, 1.165) is 0 Å². The smallest absolute Gasteiger partial charge is 0.270 e. The molecule has 1 aliphatic heterocycles. The van der Waals surface area contributed by atoms with Crippen molar-refractivity contribution in [3.05, 3.63) is 78.0 Å². The lowest BCUT2D eigenvalue weighted by molar-refractivity contribution is 0.0296. The number of halogens is 2. The van der Waals surface area contributed by atoms with E-state index < -0.39 is 11.6 Å². The predicted octanol–water partition coefficient (Wildman–Crippen LogP) is 4.01. The van der Waals surface area contributed by atoms with Gasteiger partial charge in [0.25, 0.3) is 5.91 Å². The molecule has 156 valence electrons. The molecule has 0 saturated carbocycles. The molecule has 30 heavy (non-hydrogen) atoms. The van der Waals surface area contributed by atoms with Crippen LogP contribution in [0, 0.1) is 11.6 Å². The Labute approximate surface area is 173 Å². The zero-order valence-electron chi connectivity index (χ0n) is 16.4. The first-order chi connectivity index (χ1) is 14.6. The number of hydrogen-bond donors (Lipinski definition) is 0. The van der Waals surface area contributed by atoms with Crippen LogP contribution in [0.5, 0.6) is 5.75 Å². The van der Waals surface area contributed by atoms with Gasteiger partial charge in [0.2, 0.25) is 0 Å². The number of carbonyl (C=O) groups is 1.